The number of hydrogen-bond acceptors (Lipinski definition) is 4. The van der Waals surface area contributed by atoms with Crippen molar-refractivity contribution in [1.29, 1.82) is 0 Å². The maximum Gasteiger partial charge on any atom is 0.226 e. The Labute approximate surface area is 84.9 Å². The Balaban J connectivity index is 2.35. The molecule has 1 aromatic rings. The zero-order valence-corrected chi connectivity index (χ0v) is 8.99. The van der Waals surface area contributed by atoms with Crippen LogP contribution in [-0.4, -0.2) is 16.7 Å². The lowest BCUT2D eigenvalue weighted by Crippen LogP contribution is -2.00. The van der Waals surface area contributed by atoms with Crippen LogP contribution in [0.2, 0.25) is 0 Å². The third kappa shape index (κ3) is 3.87. The Hall–Kier alpha value is -0.900. The zero-order valence-electron chi connectivity index (χ0n) is 8.99. The summed E-state index contributed by atoms with van der Waals surface area (Å²) in [5, 5.41) is 3.91. The van der Waals surface area contributed by atoms with Crippen LogP contribution in [0.25, 0.3) is 0 Å². The van der Waals surface area contributed by atoms with Crippen molar-refractivity contribution in [2.45, 2.75) is 39.5 Å². The monoisotopic (exact) mass is 197 g/mol. The molecule has 0 saturated heterocycles. The third-order valence-corrected chi connectivity index (χ3v) is 2.05. The van der Waals surface area contributed by atoms with Crippen molar-refractivity contribution in [1.82, 2.24) is 10.1 Å². The predicted molar refractivity (Wildman–Crippen MR) is 54.8 cm³/mol. The van der Waals surface area contributed by atoms with Gasteiger partial charge >= 0.3 is 0 Å². The molecule has 0 spiro atoms. The Morgan fingerprint density at radius 1 is 1.36 bits per heavy atom. The minimum atomic E-state index is 0.670. The molecular weight excluding hydrogens is 178 g/mol. The third-order valence-electron chi connectivity index (χ3n) is 2.05. The molecule has 0 unspecified atom stereocenters. The number of aromatic nitrogens is 2. The van der Waals surface area contributed by atoms with Gasteiger partial charge in [0.1, 0.15) is 0 Å². The first kappa shape index (κ1) is 11.2. The van der Waals surface area contributed by atoms with Crippen LogP contribution in [0.5, 0.6) is 0 Å². The first-order valence-corrected chi connectivity index (χ1v) is 5.24. The van der Waals surface area contributed by atoms with Crippen molar-refractivity contribution in [2.75, 3.05) is 6.54 Å². The summed E-state index contributed by atoms with van der Waals surface area (Å²) in [5.74, 6) is 2.22. The van der Waals surface area contributed by atoms with Crippen molar-refractivity contribution in [3.63, 3.8) is 0 Å². The molecule has 0 aromatic carbocycles. The van der Waals surface area contributed by atoms with E-state index >= 15 is 0 Å². The second-order valence-corrected chi connectivity index (χ2v) is 3.93. The molecule has 0 aliphatic carbocycles. The van der Waals surface area contributed by atoms with E-state index in [-0.39, 0.29) is 0 Å². The molecule has 1 heterocycles. The van der Waals surface area contributed by atoms with Crippen molar-refractivity contribution >= 4 is 0 Å². The normalized spacial score (nSPS) is 11.1. The van der Waals surface area contributed by atoms with E-state index in [4.69, 9.17) is 10.3 Å². The summed E-state index contributed by atoms with van der Waals surface area (Å²) < 4.78 is 5.08. The van der Waals surface area contributed by atoms with Crippen molar-refractivity contribution in [3.05, 3.63) is 11.7 Å². The minimum Gasteiger partial charge on any atom is -0.339 e. The van der Waals surface area contributed by atoms with Crippen LogP contribution in [0.1, 0.15) is 38.4 Å². The molecule has 4 nitrogen and oxygen atoms in total. The summed E-state index contributed by atoms with van der Waals surface area (Å²) in [6.45, 7) is 5.05. The topological polar surface area (TPSA) is 64.9 Å². The van der Waals surface area contributed by atoms with Gasteiger partial charge in [-0.25, -0.2) is 0 Å². The highest BCUT2D eigenvalue weighted by molar-refractivity contribution is 4.86. The lowest BCUT2D eigenvalue weighted by Gasteiger charge is -1.98. The van der Waals surface area contributed by atoms with Gasteiger partial charge in [0, 0.05) is 12.8 Å². The molecule has 2 N–H and O–H groups in total. The maximum absolute atomic E-state index is 5.39. The maximum atomic E-state index is 5.39. The fraction of sp³-hybridized carbons (Fsp3) is 0.800. The minimum absolute atomic E-state index is 0.670. The van der Waals surface area contributed by atoms with E-state index in [0.29, 0.717) is 18.4 Å². The van der Waals surface area contributed by atoms with E-state index in [2.05, 4.69) is 24.0 Å². The van der Waals surface area contributed by atoms with Crippen LogP contribution in [0, 0.1) is 5.92 Å². The summed E-state index contributed by atoms with van der Waals surface area (Å²) in [7, 11) is 0. The van der Waals surface area contributed by atoms with Gasteiger partial charge in [-0.3, -0.25) is 0 Å². The van der Waals surface area contributed by atoms with E-state index in [0.717, 1.165) is 31.5 Å². The second kappa shape index (κ2) is 5.75. The lowest BCUT2D eigenvalue weighted by molar-refractivity contribution is 0.369. The SMILES string of the molecule is CC(C)CCc1noc(CCCN)n1. The van der Waals surface area contributed by atoms with Gasteiger partial charge in [-0.1, -0.05) is 19.0 Å². The van der Waals surface area contributed by atoms with Crippen molar-refractivity contribution in [2.24, 2.45) is 11.7 Å². The van der Waals surface area contributed by atoms with Gasteiger partial charge in [0.25, 0.3) is 0 Å². The molecule has 0 fully saturated rings. The average molecular weight is 197 g/mol. The summed E-state index contributed by atoms with van der Waals surface area (Å²) >= 11 is 0. The number of rotatable bonds is 6. The van der Waals surface area contributed by atoms with E-state index in [1.54, 1.807) is 0 Å². The largest absolute Gasteiger partial charge is 0.339 e. The summed E-state index contributed by atoms with van der Waals surface area (Å²) in [6, 6.07) is 0. The summed E-state index contributed by atoms with van der Waals surface area (Å²) in [6.07, 6.45) is 3.72. The van der Waals surface area contributed by atoms with Crippen LogP contribution in [0.3, 0.4) is 0 Å². The Morgan fingerprint density at radius 3 is 2.79 bits per heavy atom. The summed E-state index contributed by atoms with van der Waals surface area (Å²) in [5.41, 5.74) is 5.39. The Morgan fingerprint density at radius 2 is 2.14 bits per heavy atom. The molecule has 14 heavy (non-hydrogen) atoms. The Bertz CT molecular complexity index is 258. The second-order valence-electron chi connectivity index (χ2n) is 3.93. The quantitative estimate of drug-likeness (QED) is 0.751. The van der Waals surface area contributed by atoms with Gasteiger partial charge in [0.05, 0.1) is 0 Å². The highest BCUT2D eigenvalue weighted by Crippen LogP contribution is 2.07. The first-order chi connectivity index (χ1) is 6.72. The number of nitrogens with two attached hydrogens (primary N) is 1. The molecule has 1 aromatic heterocycles. The molecule has 0 amide bonds. The van der Waals surface area contributed by atoms with E-state index < -0.39 is 0 Å². The number of nitrogens with zero attached hydrogens (tertiary/aromatic N) is 2. The van der Waals surface area contributed by atoms with Gasteiger partial charge in [-0.05, 0) is 25.3 Å². The van der Waals surface area contributed by atoms with Gasteiger partial charge in [-0.2, -0.15) is 4.98 Å². The van der Waals surface area contributed by atoms with Crippen molar-refractivity contribution in [3.8, 4) is 0 Å². The van der Waals surface area contributed by atoms with Gasteiger partial charge < -0.3 is 10.3 Å². The van der Waals surface area contributed by atoms with Crippen LogP contribution >= 0.6 is 0 Å². The zero-order chi connectivity index (χ0) is 10.4. The highest BCUT2D eigenvalue weighted by Gasteiger charge is 2.06. The van der Waals surface area contributed by atoms with Crippen LogP contribution < -0.4 is 5.73 Å². The fourth-order valence-corrected chi connectivity index (χ4v) is 1.16. The molecule has 0 atom stereocenters. The van der Waals surface area contributed by atoms with E-state index in [9.17, 15) is 0 Å². The fourth-order valence-electron chi connectivity index (χ4n) is 1.16. The first-order valence-electron chi connectivity index (χ1n) is 5.24. The molecule has 0 bridgehead atoms. The molecule has 80 valence electrons. The molecule has 0 saturated carbocycles. The number of hydrogen-bond donors (Lipinski definition) is 1. The summed E-state index contributed by atoms with van der Waals surface area (Å²) in [4.78, 5) is 4.29. The molecule has 0 aliphatic rings. The van der Waals surface area contributed by atoms with Crippen LogP contribution in [0.15, 0.2) is 4.52 Å². The highest BCUT2D eigenvalue weighted by atomic mass is 16.5. The van der Waals surface area contributed by atoms with Gasteiger partial charge in [-0.15, -0.1) is 0 Å². The standard InChI is InChI=1S/C10H19N3O/c1-8(2)5-6-9-12-10(14-13-9)4-3-7-11/h8H,3-7,11H2,1-2H3. The van der Waals surface area contributed by atoms with Crippen LogP contribution in [0.4, 0.5) is 0 Å². The van der Waals surface area contributed by atoms with Gasteiger partial charge in [0.15, 0.2) is 5.82 Å². The molecule has 0 aliphatic heterocycles. The van der Waals surface area contributed by atoms with Crippen molar-refractivity contribution < 1.29 is 4.52 Å². The van der Waals surface area contributed by atoms with E-state index in [1.165, 1.54) is 0 Å². The average Bonchev–Trinajstić information content (AvgIpc) is 2.59. The Kier molecular flexibility index (Phi) is 4.59. The smallest absolute Gasteiger partial charge is 0.226 e. The molecular formula is C10H19N3O. The molecule has 0 radical (unpaired) electrons. The van der Waals surface area contributed by atoms with E-state index in [1.807, 2.05) is 0 Å². The molecule has 1 rings (SSSR count). The lowest BCUT2D eigenvalue weighted by atomic mass is 10.1. The predicted octanol–water partition coefficient (Wildman–Crippen LogP) is 1.55. The molecule has 4 heteroatoms. The van der Waals surface area contributed by atoms with Gasteiger partial charge in [0.2, 0.25) is 5.89 Å². The number of aryl methyl sites for hydroxylation is 2. The van der Waals surface area contributed by atoms with Crippen LogP contribution in [-0.2, 0) is 12.8 Å².